The molecule has 6 nitrogen and oxygen atoms in total. The Kier molecular flexibility index (Phi) is 8.42. The minimum absolute atomic E-state index is 0.199. The molecule has 0 aromatic heterocycles. The lowest BCUT2D eigenvalue weighted by atomic mass is 10.0. The number of halogens is 4. The molecule has 3 aromatic carbocycles. The van der Waals surface area contributed by atoms with E-state index in [2.05, 4.69) is 24.4 Å². The number of carbonyl (C=O) groups excluding carboxylic acids is 1. The monoisotopic (exact) mass is 537 g/mol. The van der Waals surface area contributed by atoms with Gasteiger partial charge in [-0.05, 0) is 47.4 Å². The zero-order chi connectivity index (χ0) is 26.5. The van der Waals surface area contributed by atoms with Gasteiger partial charge in [-0.3, -0.25) is 9.10 Å². The highest BCUT2D eigenvalue weighted by atomic mass is 35.5. The molecule has 36 heavy (non-hydrogen) atoms. The predicted octanol–water partition coefficient (Wildman–Crippen LogP) is 5.83. The van der Waals surface area contributed by atoms with Gasteiger partial charge in [-0.1, -0.05) is 67.9 Å². The first kappa shape index (κ1) is 27.2. The molecule has 0 aliphatic carbocycles. The fourth-order valence-corrected chi connectivity index (χ4v) is 4.89. The third kappa shape index (κ3) is 6.64. The topological polar surface area (TPSA) is 78.8 Å². The van der Waals surface area contributed by atoms with Gasteiger partial charge in [0.05, 0.1) is 27.4 Å². The molecule has 11 heteroatoms. The summed E-state index contributed by atoms with van der Waals surface area (Å²) in [5.74, 6) is -0.507. The van der Waals surface area contributed by atoms with E-state index in [4.69, 9.17) is 11.6 Å². The normalized spacial score (nSPS) is 12.2. The van der Waals surface area contributed by atoms with E-state index in [0.717, 1.165) is 17.7 Å². The molecule has 0 aliphatic rings. The van der Waals surface area contributed by atoms with Crippen LogP contribution in [0.2, 0.25) is 5.02 Å². The summed E-state index contributed by atoms with van der Waals surface area (Å²) in [6, 6.07) is 17.1. The van der Waals surface area contributed by atoms with Gasteiger partial charge < -0.3 is 0 Å². The average Bonchev–Trinajstić information content (AvgIpc) is 2.83. The van der Waals surface area contributed by atoms with E-state index >= 15 is 0 Å². The number of carbonyl (C=O) groups is 1. The van der Waals surface area contributed by atoms with Crippen molar-refractivity contribution in [1.29, 1.82) is 0 Å². The number of hydrogen-bond acceptors (Lipinski definition) is 4. The first-order chi connectivity index (χ1) is 16.9. The van der Waals surface area contributed by atoms with Gasteiger partial charge in [0.15, 0.2) is 0 Å². The number of nitrogens with one attached hydrogen (secondary N) is 1. The summed E-state index contributed by atoms with van der Waals surface area (Å²) in [5.41, 5.74) is 2.44. The van der Waals surface area contributed by atoms with E-state index in [1.807, 2.05) is 24.3 Å². The lowest BCUT2D eigenvalue weighted by Gasteiger charge is -2.24. The van der Waals surface area contributed by atoms with Crippen LogP contribution in [0.4, 0.5) is 18.9 Å². The smallest absolute Gasteiger partial charge is 0.271 e. The first-order valence-corrected chi connectivity index (χ1v) is 12.6. The van der Waals surface area contributed by atoms with Crippen LogP contribution in [0.3, 0.4) is 0 Å². The molecule has 0 heterocycles. The Bertz CT molecular complexity index is 1340. The van der Waals surface area contributed by atoms with Crippen LogP contribution in [0.1, 0.15) is 36.5 Å². The molecule has 0 spiro atoms. The van der Waals surface area contributed by atoms with Crippen molar-refractivity contribution in [3.8, 4) is 0 Å². The number of benzene rings is 3. The van der Waals surface area contributed by atoms with Gasteiger partial charge in [0.1, 0.15) is 6.54 Å². The summed E-state index contributed by atoms with van der Waals surface area (Å²) in [5, 5.41) is 3.24. The molecule has 0 saturated carbocycles. The van der Waals surface area contributed by atoms with Gasteiger partial charge in [-0.15, -0.1) is 0 Å². The van der Waals surface area contributed by atoms with Crippen molar-refractivity contribution < 1.29 is 26.4 Å². The fourth-order valence-electron chi connectivity index (χ4n) is 3.23. The summed E-state index contributed by atoms with van der Waals surface area (Å²) in [6.07, 6.45) is -3.45. The van der Waals surface area contributed by atoms with Crippen molar-refractivity contribution in [1.82, 2.24) is 5.43 Å². The van der Waals surface area contributed by atoms with Crippen LogP contribution < -0.4 is 9.73 Å². The molecule has 190 valence electrons. The Labute approximate surface area is 212 Å². The Morgan fingerprint density at radius 3 is 2.28 bits per heavy atom. The van der Waals surface area contributed by atoms with Crippen molar-refractivity contribution in [3.63, 3.8) is 0 Å². The molecule has 0 fully saturated rings. The second kappa shape index (κ2) is 11.1. The molecule has 0 aliphatic heterocycles. The number of sulfonamides is 1. The van der Waals surface area contributed by atoms with Crippen molar-refractivity contribution in [3.05, 3.63) is 94.5 Å². The average molecular weight is 538 g/mol. The molecule has 0 bridgehead atoms. The largest absolute Gasteiger partial charge is 0.417 e. The minimum atomic E-state index is -4.83. The highest BCUT2D eigenvalue weighted by Gasteiger charge is 2.35. The minimum Gasteiger partial charge on any atom is -0.271 e. The number of anilines is 1. The van der Waals surface area contributed by atoms with Crippen LogP contribution in [0.15, 0.2) is 82.8 Å². The number of alkyl halides is 3. The van der Waals surface area contributed by atoms with Crippen LogP contribution in [0.5, 0.6) is 0 Å². The van der Waals surface area contributed by atoms with Gasteiger partial charge >= 0.3 is 6.18 Å². The Balaban J connectivity index is 1.89. The van der Waals surface area contributed by atoms with Crippen LogP contribution in [0, 0.1) is 0 Å². The number of hydrogen-bond donors (Lipinski definition) is 1. The van der Waals surface area contributed by atoms with Crippen molar-refractivity contribution in [2.45, 2.75) is 30.8 Å². The SMILES string of the molecule is CC(C)c1ccc(/C=N\NC(=O)CN(c2ccc(Cl)c(C(F)(F)F)c2)S(=O)(=O)c2ccccc2)cc1. The number of amides is 1. The highest BCUT2D eigenvalue weighted by molar-refractivity contribution is 7.92. The van der Waals surface area contributed by atoms with Crippen LogP contribution >= 0.6 is 11.6 Å². The van der Waals surface area contributed by atoms with Crippen molar-refractivity contribution >= 4 is 39.4 Å². The van der Waals surface area contributed by atoms with Crippen LogP contribution in [0.25, 0.3) is 0 Å². The van der Waals surface area contributed by atoms with Gasteiger partial charge in [-0.2, -0.15) is 18.3 Å². The van der Waals surface area contributed by atoms with Gasteiger partial charge in [-0.25, -0.2) is 13.8 Å². The second-order valence-electron chi connectivity index (χ2n) is 8.10. The maximum atomic E-state index is 13.4. The molecule has 0 atom stereocenters. The summed E-state index contributed by atoms with van der Waals surface area (Å²) in [4.78, 5) is 12.4. The maximum absolute atomic E-state index is 13.4. The van der Waals surface area contributed by atoms with Crippen LogP contribution in [-0.4, -0.2) is 27.1 Å². The molecular weight excluding hydrogens is 515 g/mol. The Hall–Kier alpha value is -3.37. The number of rotatable bonds is 8. The van der Waals surface area contributed by atoms with E-state index in [1.54, 1.807) is 6.07 Å². The molecule has 0 radical (unpaired) electrons. The second-order valence-corrected chi connectivity index (χ2v) is 10.4. The van der Waals surface area contributed by atoms with E-state index in [9.17, 15) is 26.4 Å². The molecular formula is C25H23ClF3N3O3S. The summed E-state index contributed by atoms with van der Waals surface area (Å²) in [7, 11) is -4.40. The standard InChI is InChI=1S/C25H23ClF3N3O3S/c1-17(2)19-10-8-18(9-11-19)15-30-31-24(33)16-32(36(34,35)21-6-4-3-5-7-21)20-12-13-23(26)22(14-20)25(27,28)29/h3-15,17H,16H2,1-2H3,(H,31,33)/b30-15-. The van der Waals surface area contributed by atoms with Gasteiger partial charge in [0.2, 0.25) is 0 Å². The summed E-state index contributed by atoms with van der Waals surface area (Å²) in [6.45, 7) is 3.29. The van der Waals surface area contributed by atoms with E-state index in [0.29, 0.717) is 21.9 Å². The van der Waals surface area contributed by atoms with E-state index < -0.39 is 39.2 Å². The number of nitrogens with zero attached hydrogens (tertiary/aromatic N) is 2. The van der Waals surface area contributed by atoms with Crippen LogP contribution in [-0.2, 0) is 21.0 Å². The Morgan fingerprint density at radius 2 is 1.69 bits per heavy atom. The fraction of sp³-hybridized carbons (Fsp3) is 0.200. The quantitative estimate of drug-likeness (QED) is 0.290. The zero-order valence-electron chi connectivity index (χ0n) is 19.3. The predicted molar refractivity (Wildman–Crippen MR) is 134 cm³/mol. The Morgan fingerprint density at radius 1 is 1.06 bits per heavy atom. The van der Waals surface area contributed by atoms with E-state index in [-0.39, 0.29) is 10.6 Å². The lowest BCUT2D eigenvalue weighted by Crippen LogP contribution is -2.39. The number of hydrazone groups is 1. The van der Waals surface area contributed by atoms with E-state index in [1.165, 1.54) is 30.5 Å². The first-order valence-electron chi connectivity index (χ1n) is 10.8. The molecule has 3 rings (SSSR count). The third-order valence-electron chi connectivity index (χ3n) is 5.17. The zero-order valence-corrected chi connectivity index (χ0v) is 20.9. The molecule has 0 saturated heterocycles. The maximum Gasteiger partial charge on any atom is 0.417 e. The summed E-state index contributed by atoms with van der Waals surface area (Å²) >= 11 is 5.69. The third-order valence-corrected chi connectivity index (χ3v) is 7.29. The van der Waals surface area contributed by atoms with Gasteiger partial charge in [0.25, 0.3) is 15.9 Å². The molecule has 3 aromatic rings. The molecule has 1 N–H and O–H groups in total. The molecule has 1 amide bonds. The van der Waals surface area contributed by atoms with Crippen molar-refractivity contribution in [2.24, 2.45) is 5.10 Å². The highest BCUT2D eigenvalue weighted by Crippen LogP contribution is 2.38. The molecule has 0 unspecified atom stereocenters. The lowest BCUT2D eigenvalue weighted by molar-refractivity contribution is -0.137. The van der Waals surface area contributed by atoms with Crippen molar-refractivity contribution in [2.75, 3.05) is 10.8 Å². The summed E-state index contributed by atoms with van der Waals surface area (Å²) < 4.78 is 67.4. The van der Waals surface area contributed by atoms with Gasteiger partial charge in [0, 0.05) is 0 Å².